The summed E-state index contributed by atoms with van der Waals surface area (Å²) in [5, 5.41) is 3.71. The second kappa shape index (κ2) is 7.64. The normalized spacial score (nSPS) is 12.7. The Bertz CT molecular complexity index is 346. The average Bonchev–Trinajstić information content (AvgIpc) is 2.31. The highest BCUT2D eigenvalue weighted by atomic mass is 35.5. The maximum Gasteiger partial charge on any atom is 0.124 e. The lowest BCUT2D eigenvalue weighted by molar-refractivity contribution is 0.137. The monoisotopic (exact) mass is 259 g/mol. The van der Waals surface area contributed by atoms with Gasteiger partial charge in [-0.2, -0.15) is 0 Å². The minimum Gasteiger partial charge on any atom is -0.382 e. The van der Waals surface area contributed by atoms with Crippen molar-refractivity contribution < 1.29 is 9.13 Å². The molecule has 0 heterocycles. The number of hydrogen-bond donors (Lipinski definition) is 1. The van der Waals surface area contributed by atoms with Gasteiger partial charge in [0.25, 0.3) is 0 Å². The van der Waals surface area contributed by atoms with E-state index in [2.05, 4.69) is 5.32 Å². The zero-order valence-electron chi connectivity index (χ0n) is 10.3. The van der Waals surface area contributed by atoms with E-state index in [1.807, 2.05) is 14.0 Å². The van der Waals surface area contributed by atoms with Gasteiger partial charge >= 0.3 is 0 Å². The number of nitrogens with one attached hydrogen (secondary N) is 1. The number of halogens is 2. The fraction of sp³-hybridized carbons (Fsp3) is 0.538. The Hall–Kier alpha value is -0.640. The van der Waals surface area contributed by atoms with Crippen LogP contribution in [0.4, 0.5) is 4.39 Å². The predicted molar refractivity (Wildman–Crippen MR) is 69.1 cm³/mol. The second-order valence-electron chi connectivity index (χ2n) is 3.91. The van der Waals surface area contributed by atoms with E-state index < -0.39 is 0 Å². The van der Waals surface area contributed by atoms with Crippen LogP contribution in [0.5, 0.6) is 0 Å². The van der Waals surface area contributed by atoms with Crippen LogP contribution < -0.4 is 5.32 Å². The number of rotatable bonds is 7. The van der Waals surface area contributed by atoms with E-state index >= 15 is 0 Å². The van der Waals surface area contributed by atoms with E-state index in [0.717, 1.165) is 31.6 Å². The molecule has 1 rings (SSSR count). The maximum atomic E-state index is 12.9. The number of hydrogen-bond acceptors (Lipinski definition) is 2. The highest BCUT2D eigenvalue weighted by Crippen LogP contribution is 2.19. The molecule has 0 aliphatic rings. The van der Waals surface area contributed by atoms with Gasteiger partial charge in [0.2, 0.25) is 0 Å². The molecule has 0 saturated carbocycles. The van der Waals surface area contributed by atoms with Gasteiger partial charge in [-0.15, -0.1) is 0 Å². The predicted octanol–water partition coefficient (Wildman–Crippen LogP) is 3.04. The molecular weight excluding hydrogens is 241 g/mol. The molecule has 1 unspecified atom stereocenters. The minimum absolute atomic E-state index is 0.296. The maximum absolute atomic E-state index is 12.9. The van der Waals surface area contributed by atoms with Crippen LogP contribution >= 0.6 is 11.6 Å². The Morgan fingerprint density at radius 3 is 2.82 bits per heavy atom. The van der Waals surface area contributed by atoms with Gasteiger partial charge in [0, 0.05) is 24.3 Å². The summed E-state index contributed by atoms with van der Waals surface area (Å²) in [5.74, 6) is -0.297. The number of ether oxygens (including phenoxy) is 1. The molecule has 0 radical (unpaired) electrons. The molecule has 96 valence electrons. The molecule has 17 heavy (non-hydrogen) atoms. The number of benzene rings is 1. The fourth-order valence-electron chi connectivity index (χ4n) is 1.67. The van der Waals surface area contributed by atoms with E-state index in [1.54, 1.807) is 6.07 Å². The van der Waals surface area contributed by atoms with Crippen molar-refractivity contribution in [3.8, 4) is 0 Å². The minimum atomic E-state index is -0.297. The second-order valence-corrected chi connectivity index (χ2v) is 4.32. The Kier molecular flexibility index (Phi) is 6.48. The molecule has 0 aliphatic heterocycles. The van der Waals surface area contributed by atoms with E-state index in [9.17, 15) is 4.39 Å². The van der Waals surface area contributed by atoms with Gasteiger partial charge in [-0.25, -0.2) is 4.39 Å². The van der Waals surface area contributed by atoms with Gasteiger partial charge in [-0.05, 0) is 44.5 Å². The molecule has 0 amide bonds. The van der Waals surface area contributed by atoms with Crippen molar-refractivity contribution in [3.63, 3.8) is 0 Å². The van der Waals surface area contributed by atoms with Crippen molar-refractivity contribution in [2.45, 2.75) is 25.8 Å². The fourth-order valence-corrected chi connectivity index (χ4v) is 1.92. The largest absolute Gasteiger partial charge is 0.382 e. The van der Waals surface area contributed by atoms with Crippen LogP contribution in [0.25, 0.3) is 0 Å². The van der Waals surface area contributed by atoms with Crippen molar-refractivity contribution in [1.82, 2.24) is 5.32 Å². The lowest BCUT2D eigenvalue weighted by atomic mass is 10.0. The first kappa shape index (κ1) is 14.4. The Balaban J connectivity index is 2.54. The summed E-state index contributed by atoms with van der Waals surface area (Å²) in [5.41, 5.74) is 0.962. The molecule has 1 N–H and O–H groups in total. The SMILES string of the molecule is CCOCCC(Cc1ccc(F)cc1Cl)NC. The Morgan fingerprint density at radius 2 is 2.24 bits per heavy atom. The summed E-state index contributed by atoms with van der Waals surface area (Å²) < 4.78 is 18.2. The Labute approximate surface area is 107 Å². The highest BCUT2D eigenvalue weighted by molar-refractivity contribution is 6.31. The van der Waals surface area contributed by atoms with Crippen LogP contribution in [0.2, 0.25) is 5.02 Å². The zero-order chi connectivity index (χ0) is 12.7. The molecule has 0 spiro atoms. The molecule has 0 aliphatic carbocycles. The van der Waals surface area contributed by atoms with E-state index in [4.69, 9.17) is 16.3 Å². The molecule has 0 saturated heterocycles. The van der Waals surface area contributed by atoms with Gasteiger partial charge in [0.05, 0.1) is 0 Å². The number of likely N-dealkylation sites (N-methyl/N-ethyl adjacent to an activating group) is 1. The summed E-state index contributed by atoms with van der Waals surface area (Å²) in [4.78, 5) is 0. The molecule has 0 fully saturated rings. The van der Waals surface area contributed by atoms with Crippen molar-refractivity contribution in [1.29, 1.82) is 0 Å². The highest BCUT2D eigenvalue weighted by Gasteiger charge is 2.10. The van der Waals surface area contributed by atoms with Crippen molar-refractivity contribution in [2.75, 3.05) is 20.3 Å². The van der Waals surface area contributed by atoms with Gasteiger partial charge in [-0.3, -0.25) is 0 Å². The lowest BCUT2D eigenvalue weighted by Crippen LogP contribution is -2.29. The topological polar surface area (TPSA) is 21.3 Å². The molecule has 2 nitrogen and oxygen atoms in total. The smallest absolute Gasteiger partial charge is 0.124 e. The van der Waals surface area contributed by atoms with Crippen LogP contribution in [-0.4, -0.2) is 26.3 Å². The molecule has 1 atom stereocenters. The standard InChI is InChI=1S/C13H19ClFNO/c1-3-17-7-6-12(16-2)8-10-4-5-11(15)9-13(10)14/h4-5,9,12,16H,3,6-8H2,1-2H3. The summed E-state index contributed by atoms with van der Waals surface area (Å²) in [6.07, 6.45) is 1.70. The molecule has 0 bridgehead atoms. The quantitative estimate of drug-likeness (QED) is 0.760. The van der Waals surface area contributed by atoms with Crippen LogP contribution in [0.15, 0.2) is 18.2 Å². The first-order chi connectivity index (χ1) is 8.17. The van der Waals surface area contributed by atoms with E-state index in [0.29, 0.717) is 11.1 Å². The van der Waals surface area contributed by atoms with Gasteiger partial charge in [0.15, 0.2) is 0 Å². The summed E-state index contributed by atoms with van der Waals surface area (Å²) in [6.45, 7) is 3.43. The third-order valence-electron chi connectivity index (χ3n) is 2.70. The molecule has 1 aromatic rings. The first-order valence-corrected chi connectivity index (χ1v) is 6.24. The third kappa shape index (κ3) is 5.02. The summed E-state index contributed by atoms with van der Waals surface area (Å²) in [6, 6.07) is 4.83. The van der Waals surface area contributed by atoms with Gasteiger partial charge < -0.3 is 10.1 Å². The third-order valence-corrected chi connectivity index (χ3v) is 3.06. The van der Waals surface area contributed by atoms with Crippen LogP contribution in [0, 0.1) is 5.82 Å². The summed E-state index contributed by atoms with van der Waals surface area (Å²) in [7, 11) is 1.91. The van der Waals surface area contributed by atoms with Crippen LogP contribution in [0.3, 0.4) is 0 Å². The molecule has 0 aromatic heterocycles. The Morgan fingerprint density at radius 1 is 1.47 bits per heavy atom. The summed E-state index contributed by atoms with van der Waals surface area (Å²) >= 11 is 5.99. The molecule has 1 aromatic carbocycles. The zero-order valence-corrected chi connectivity index (χ0v) is 11.1. The van der Waals surface area contributed by atoms with Gasteiger partial charge in [0.1, 0.15) is 5.82 Å². The van der Waals surface area contributed by atoms with Crippen LogP contribution in [-0.2, 0) is 11.2 Å². The molecular formula is C13H19ClFNO. The van der Waals surface area contributed by atoms with Crippen LogP contribution in [0.1, 0.15) is 18.9 Å². The lowest BCUT2D eigenvalue weighted by Gasteiger charge is -2.16. The van der Waals surface area contributed by atoms with Gasteiger partial charge in [-0.1, -0.05) is 17.7 Å². The van der Waals surface area contributed by atoms with E-state index in [1.165, 1.54) is 12.1 Å². The van der Waals surface area contributed by atoms with Crippen molar-refractivity contribution >= 4 is 11.6 Å². The van der Waals surface area contributed by atoms with Crippen molar-refractivity contribution in [3.05, 3.63) is 34.6 Å². The van der Waals surface area contributed by atoms with Crippen molar-refractivity contribution in [2.24, 2.45) is 0 Å². The molecule has 4 heteroatoms. The van der Waals surface area contributed by atoms with E-state index in [-0.39, 0.29) is 5.82 Å². The first-order valence-electron chi connectivity index (χ1n) is 5.86. The average molecular weight is 260 g/mol.